The highest BCUT2D eigenvalue weighted by atomic mass is 127. The van der Waals surface area contributed by atoms with E-state index in [1.807, 2.05) is 30.3 Å². The number of aromatic nitrogens is 2. The maximum Gasteiger partial charge on any atom is 0.257 e. The van der Waals surface area contributed by atoms with E-state index in [4.69, 9.17) is 11.6 Å². The average Bonchev–Trinajstić information content (AvgIpc) is 2.43. The van der Waals surface area contributed by atoms with Crippen LogP contribution in [0.15, 0.2) is 47.4 Å². The lowest BCUT2D eigenvalue weighted by atomic mass is 10.1. The zero-order valence-electron chi connectivity index (χ0n) is 9.65. The standard InChI is InChI=1S/C14H8ClIN2O/c15-9-3-1-2-8(6-9)12-5-4-10-13(18-12)11(16)7-17-14(10)19/h1-7H,(H,17,19). The number of H-pyrrole nitrogens is 1. The Morgan fingerprint density at radius 3 is 2.84 bits per heavy atom. The Morgan fingerprint density at radius 1 is 1.21 bits per heavy atom. The molecule has 0 radical (unpaired) electrons. The lowest BCUT2D eigenvalue weighted by Gasteiger charge is -2.04. The third-order valence-electron chi connectivity index (χ3n) is 2.82. The lowest BCUT2D eigenvalue weighted by Crippen LogP contribution is -2.07. The van der Waals surface area contributed by atoms with E-state index >= 15 is 0 Å². The second-order valence-corrected chi connectivity index (χ2v) is 5.67. The summed E-state index contributed by atoms with van der Waals surface area (Å²) in [6.07, 6.45) is 1.67. The van der Waals surface area contributed by atoms with Crippen LogP contribution in [-0.2, 0) is 0 Å². The van der Waals surface area contributed by atoms with Crippen molar-refractivity contribution in [2.75, 3.05) is 0 Å². The van der Waals surface area contributed by atoms with Gasteiger partial charge in [-0.3, -0.25) is 4.79 Å². The Morgan fingerprint density at radius 2 is 2.05 bits per heavy atom. The number of nitrogens with zero attached hydrogens (tertiary/aromatic N) is 1. The van der Waals surface area contributed by atoms with E-state index in [1.165, 1.54) is 0 Å². The van der Waals surface area contributed by atoms with Gasteiger partial charge in [0.25, 0.3) is 5.56 Å². The zero-order valence-corrected chi connectivity index (χ0v) is 12.6. The molecule has 0 aliphatic heterocycles. The molecule has 5 heteroatoms. The predicted molar refractivity (Wildman–Crippen MR) is 85.5 cm³/mol. The van der Waals surface area contributed by atoms with Gasteiger partial charge >= 0.3 is 0 Å². The fourth-order valence-electron chi connectivity index (χ4n) is 1.91. The summed E-state index contributed by atoms with van der Waals surface area (Å²) in [7, 11) is 0. The van der Waals surface area contributed by atoms with Crippen LogP contribution in [-0.4, -0.2) is 9.97 Å². The van der Waals surface area contributed by atoms with Crippen LogP contribution < -0.4 is 5.56 Å². The Labute approximate surface area is 127 Å². The summed E-state index contributed by atoms with van der Waals surface area (Å²) in [6, 6.07) is 11.1. The molecule has 0 unspecified atom stereocenters. The van der Waals surface area contributed by atoms with Crippen LogP contribution in [0.2, 0.25) is 5.02 Å². The second kappa shape index (κ2) is 4.94. The first-order valence-electron chi connectivity index (χ1n) is 5.59. The van der Waals surface area contributed by atoms with Crippen LogP contribution in [0.3, 0.4) is 0 Å². The minimum absolute atomic E-state index is 0.124. The third-order valence-corrected chi connectivity index (χ3v) is 3.87. The molecule has 0 atom stereocenters. The van der Waals surface area contributed by atoms with E-state index < -0.39 is 0 Å². The Bertz CT molecular complexity index is 829. The Balaban J connectivity index is 2.28. The highest BCUT2D eigenvalue weighted by molar-refractivity contribution is 14.1. The molecule has 0 aliphatic carbocycles. The van der Waals surface area contributed by atoms with Crippen LogP contribution in [0.4, 0.5) is 0 Å². The van der Waals surface area contributed by atoms with Gasteiger partial charge in [0.05, 0.1) is 20.2 Å². The summed E-state index contributed by atoms with van der Waals surface area (Å²) >= 11 is 8.14. The highest BCUT2D eigenvalue weighted by Crippen LogP contribution is 2.24. The quantitative estimate of drug-likeness (QED) is 0.650. The SMILES string of the molecule is O=c1[nH]cc(I)c2nc(-c3cccc(Cl)c3)ccc12. The van der Waals surface area contributed by atoms with Gasteiger partial charge < -0.3 is 4.98 Å². The smallest absolute Gasteiger partial charge is 0.257 e. The van der Waals surface area contributed by atoms with Crippen LogP contribution >= 0.6 is 34.2 Å². The first-order chi connectivity index (χ1) is 9.15. The van der Waals surface area contributed by atoms with Crippen molar-refractivity contribution >= 4 is 45.1 Å². The van der Waals surface area contributed by atoms with Gasteiger partial charge in [0.15, 0.2) is 0 Å². The minimum atomic E-state index is -0.124. The average molecular weight is 383 g/mol. The van der Waals surface area contributed by atoms with Crippen molar-refractivity contribution in [1.82, 2.24) is 9.97 Å². The summed E-state index contributed by atoms with van der Waals surface area (Å²) in [4.78, 5) is 19.0. The van der Waals surface area contributed by atoms with Crippen molar-refractivity contribution in [2.24, 2.45) is 0 Å². The summed E-state index contributed by atoms with van der Waals surface area (Å²) in [5.74, 6) is 0. The molecule has 0 saturated carbocycles. The molecule has 3 aromatic rings. The Hall–Kier alpha value is -1.40. The molecule has 3 rings (SSSR count). The molecule has 0 amide bonds. The Kier molecular flexibility index (Phi) is 3.28. The molecular formula is C14H8ClIN2O. The van der Waals surface area contributed by atoms with Crippen molar-refractivity contribution in [3.05, 3.63) is 61.5 Å². The summed E-state index contributed by atoms with van der Waals surface area (Å²) in [5.41, 5.74) is 2.33. The van der Waals surface area contributed by atoms with E-state index in [1.54, 1.807) is 12.3 Å². The first-order valence-corrected chi connectivity index (χ1v) is 7.05. The molecule has 2 heterocycles. The van der Waals surface area contributed by atoms with Gasteiger partial charge in [0, 0.05) is 16.8 Å². The van der Waals surface area contributed by atoms with E-state index in [-0.39, 0.29) is 5.56 Å². The fraction of sp³-hybridized carbons (Fsp3) is 0. The monoisotopic (exact) mass is 382 g/mol. The number of halogens is 2. The van der Waals surface area contributed by atoms with Gasteiger partial charge in [-0.05, 0) is 46.9 Å². The number of aromatic amines is 1. The maximum absolute atomic E-state index is 11.7. The van der Waals surface area contributed by atoms with Crippen LogP contribution in [0, 0.1) is 3.57 Å². The number of benzene rings is 1. The molecule has 1 N–H and O–H groups in total. The number of hydrogen-bond donors (Lipinski definition) is 1. The summed E-state index contributed by atoms with van der Waals surface area (Å²) < 4.78 is 0.913. The van der Waals surface area contributed by atoms with Gasteiger partial charge in [0.1, 0.15) is 0 Å². The molecule has 2 aromatic heterocycles. The number of hydrogen-bond acceptors (Lipinski definition) is 2. The van der Waals surface area contributed by atoms with E-state index in [0.29, 0.717) is 15.9 Å². The molecule has 19 heavy (non-hydrogen) atoms. The number of pyridine rings is 2. The van der Waals surface area contributed by atoms with Crippen molar-refractivity contribution in [3.63, 3.8) is 0 Å². The predicted octanol–water partition coefficient (Wildman–Crippen LogP) is 3.85. The van der Waals surface area contributed by atoms with Gasteiger partial charge in [-0.25, -0.2) is 4.98 Å². The van der Waals surface area contributed by atoms with Gasteiger partial charge in [-0.15, -0.1) is 0 Å². The van der Waals surface area contributed by atoms with Crippen molar-refractivity contribution in [3.8, 4) is 11.3 Å². The molecule has 0 aliphatic rings. The molecule has 94 valence electrons. The largest absolute Gasteiger partial charge is 0.327 e. The second-order valence-electron chi connectivity index (χ2n) is 4.07. The topological polar surface area (TPSA) is 45.8 Å². The van der Waals surface area contributed by atoms with Gasteiger partial charge in [0.2, 0.25) is 0 Å². The molecule has 0 fully saturated rings. The van der Waals surface area contributed by atoms with Crippen LogP contribution in [0.5, 0.6) is 0 Å². The van der Waals surface area contributed by atoms with Crippen molar-refractivity contribution < 1.29 is 0 Å². The van der Waals surface area contributed by atoms with E-state index in [2.05, 4.69) is 32.6 Å². The molecular weight excluding hydrogens is 375 g/mol. The number of rotatable bonds is 1. The normalized spacial score (nSPS) is 10.8. The molecule has 0 saturated heterocycles. The number of fused-ring (bicyclic) bond motifs is 1. The number of nitrogens with one attached hydrogen (secondary N) is 1. The minimum Gasteiger partial charge on any atom is -0.327 e. The van der Waals surface area contributed by atoms with E-state index in [9.17, 15) is 4.79 Å². The molecule has 0 bridgehead atoms. The molecule has 0 spiro atoms. The fourth-order valence-corrected chi connectivity index (χ4v) is 2.67. The van der Waals surface area contributed by atoms with Gasteiger partial charge in [-0.2, -0.15) is 0 Å². The van der Waals surface area contributed by atoms with Crippen LogP contribution in [0.25, 0.3) is 22.2 Å². The van der Waals surface area contributed by atoms with Crippen molar-refractivity contribution in [2.45, 2.75) is 0 Å². The summed E-state index contributed by atoms with van der Waals surface area (Å²) in [5, 5.41) is 1.26. The van der Waals surface area contributed by atoms with Crippen LogP contribution in [0.1, 0.15) is 0 Å². The van der Waals surface area contributed by atoms with E-state index in [0.717, 1.165) is 14.8 Å². The highest BCUT2D eigenvalue weighted by Gasteiger charge is 2.07. The van der Waals surface area contributed by atoms with Gasteiger partial charge in [-0.1, -0.05) is 23.7 Å². The lowest BCUT2D eigenvalue weighted by molar-refractivity contribution is 1.24. The summed E-state index contributed by atoms with van der Waals surface area (Å²) in [6.45, 7) is 0. The molecule has 3 nitrogen and oxygen atoms in total. The third kappa shape index (κ3) is 2.37. The molecule has 1 aromatic carbocycles. The zero-order chi connectivity index (χ0) is 13.4. The first kappa shape index (κ1) is 12.6. The van der Waals surface area contributed by atoms with Crippen molar-refractivity contribution in [1.29, 1.82) is 0 Å². The maximum atomic E-state index is 11.7.